The summed E-state index contributed by atoms with van der Waals surface area (Å²) in [5, 5.41) is 22.7. The molecule has 0 aliphatic rings. The molecule has 1 atom stereocenters. The molecule has 0 saturated carbocycles. The number of aliphatic carboxylic acids is 1. The van der Waals surface area contributed by atoms with E-state index in [1.165, 1.54) is 18.2 Å². The summed E-state index contributed by atoms with van der Waals surface area (Å²) in [6, 6.07) is 22.6. The molecule has 1 N–H and O–H groups in total. The highest BCUT2D eigenvalue weighted by molar-refractivity contribution is 7.97. The molecule has 8 nitrogen and oxygen atoms in total. The van der Waals surface area contributed by atoms with Crippen molar-refractivity contribution in [2.75, 3.05) is 0 Å². The number of esters is 1. The van der Waals surface area contributed by atoms with Crippen LogP contribution in [0.5, 0.6) is 0 Å². The standard InChI is InChI=1S/C23H20N2O6S/c26-21(31-22(16-9-3-1-4-10-16)17-11-5-2-6-12-17)15-18(23(27)28)24-32-20-14-8-7-13-19(20)25(29)30/h1-14,18,22,24H,15H2,(H,27,28)/p-1/t18-/m0/s1. The van der Waals surface area contributed by atoms with Crippen LogP contribution in [0.3, 0.4) is 0 Å². The average Bonchev–Trinajstić information content (AvgIpc) is 2.81. The van der Waals surface area contributed by atoms with E-state index in [1.54, 1.807) is 6.07 Å². The van der Waals surface area contributed by atoms with Gasteiger partial charge in [-0.2, -0.15) is 0 Å². The Labute approximate surface area is 188 Å². The summed E-state index contributed by atoms with van der Waals surface area (Å²) in [5.74, 6) is -2.28. The number of carboxylic acids is 1. The van der Waals surface area contributed by atoms with Crippen LogP contribution in [0.2, 0.25) is 0 Å². The minimum Gasteiger partial charge on any atom is -0.548 e. The van der Waals surface area contributed by atoms with Gasteiger partial charge in [-0.05, 0) is 29.1 Å². The van der Waals surface area contributed by atoms with Crippen LogP contribution in [0.25, 0.3) is 0 Å². The van der Waals surface area contributed by atoms with Gasteiger partial charge in [0.15, 0.2) is 6.10 Å². The third kappa shape index (κ3) is 6.16. The van der Waals surface area contributed by atoms with Gasteiger partial charge < -0.3 is 14.6 Å². The molecule has 0 aromatic heterocycles. The summed E-state index contributed by atoms with van der Waals surface area (Å²) < 4.78 is 8.19. The first-order valence-electron chi connectivity index (χ1n) is 9.61. The molecule has 32 heavy (non-hydrogen) atoms. The van der Waals surface area contributed by atoms with E-state index in [9.17, 15) is 24.8 Å². The number of ether oxygens (including phenoxy) is 1. The first-order valence-corrected chi connectivity index (χ1v) is 10.4. The lowest BCUT2D eigenvalue weighted by Gasteiger charge is -2.22. The Morgan fingerprint density at radius 3 is 1.97 bits per heavy atom. The Kier molecular flexibility index (Phi) is 7.96. The van der Waals surface area contributed by atoms with Crippen molar-refractivity contribution in [2.45, 2.75) is 23.5 Å². The van der Waals surface area contributed by atoms with Crippen molar-refractivity contribution >= 4 is 29.6 Å². The summed E-state index contributed by atoms with van der Waals surface area (Å²) in [7, 11) is 0. The van der Waals surface area contributed by atoms with Crippen LogP contribution in [0, 0.1) is 10.1 Å². The molecule has 0 radical (unpaired) electrons. The molecule has 0 bridgehead atoms. The smallest absolute Gasteiger partial charge is 0.308 e. The fourth-order valence-electron chi connectivity index (χ4n) is 2.93. The number of hydrogen-bond donors (Lipinski definition) is 1. The monoisotopic (exact) mass is 451 g/mol. The normalized spacial score (nSPS) is 11.7. The van der Waals surface area contributed by atoms with Gasteiger partial charge in [0.25, 0.3) is 5.69 Å². The number of carbonyl (C=O) groups is 2. The van der Waals surface area contributed by atoms with Crippen molar-refractivity contribution < 1.29 is 24.4 Å². The topological polar surface area (TPSA) is 122 Å². The molecule has 0 heterocycles. The molecule has 0 saturated heterocycles. The number of para-hydroxylation sites is 1. The Hall–Kier alpha value is -3.69. The zero-order valence-electron chi connectivity index (χ0n) is 16.7. The third-order valence-electron chi connectivity index (χ3n) is 4.48. The molecular weight excluding hydrogens is 432 g/mol. The van der Waals surface area contributed by atoms with Gasteiger partial charge in [0.05, 0.1) is 23.4 Å². The Balaban J connectivity index is 1.71. The fraction of sp³-hybridized carbons (Fsp3) is 0.130. The predicted octanol–water partition coefficient (Wildman–Crippen LogP) is 3.03. The maximum atomic E-state index is 12.6. The number of rotatable bonds is 10. The molecule has 9 heteroatoms. The molecule has 0 aliphatic heterocycles. The van der Waals surface area contributed by atoms with E-state index in [2.05, 4.69) is 4.72 Å². The van der Waals surface area contributed by atoms with E-state index in [0.29, 0.717) is 0 Å². The molecule has 0 amide bonds. The minimum absolute atomic E-state index is 0.183. The SMILES string of the molecule is O=C(C[C@H](NSc1ccccc1[N+](=O)[O-])C(=O)[O-])OC(c1ccccc1)c1ccccc1. The number of carboxylic acid groups (broad SMARTS) is 1. The van der Waals surface area contributed by atoms with Gasteiger partial charge in [-0.1, -0.05) is 72.8 Å². The summed E-state index contributed by atoms with van der Waals surface area (Å²) in [6.07, 6.45) is -1.23. The lowest BCUT2D eigenvalue weighted by Crippen LogP contribution is -2.44. The van der Waals surface area contributed by atoms with Gasteiger partial charge in [-0.15, -0.1) is 0 Å². The van der Waals surface area contributed by atoms with Gasteiger partial charge >= 0.3 is 5.97 Å². The second-order valence-corrected chi connectivity index (χ2v) is 7.59. The predicted molar refractivity (Wildman–Crippen MR) is 116 cm³/mol. The zero-order valence-corrected chi connectivity index (χ0v) is 17.6. The van der Waals surface area contributed by atoms with Crippen molar-refractivity contribution in [3.05, 3.63) is 106 Å². The number of nitro benzene ring substituents is 1. The van der Waals surface area contributed by atoms with E-state index < -0.39 is 35.4 Å². The maximum Gasteiger partial charge on any atom is 0.308 e. The minimum atomic E-state index is -1.52. The van der Waals surface area contributed by atoms with Crippen LogP contribution in [0.1, 0.15) is 23.7 Å². The molecular formula is C23H19N2O6S-. The van der Waals surface area contributed by atoms with Crippen LogP contribution in [-0.2, 0) is 14.3 Å². The number of nitrogens with one attached hydrogen (secondary N) is 1. The van der Waals surface area contributed by atoms with Crippen LogP contribution < -0.4 is 9.83 Å². The van der Waals surface area contributed by atoms with Crippen molar-refractivity contribution in [1.82, 2.24) is 4.72 Å². The first kappa shape index (κ1) is 23.0. The second kappa shape index (κ2) is 11.1. The third-order valence-corrected chi connectivity index (χ3v) is 5.45. The maximum absolute atomic E-state index is 12.6. The van der Waals surface area contributed by atoms with E-state index in [0.717, 1.165) is 23.1 Å². The summed E-state index contributed by atoms with van der Waals surface area (Å²) in [5.41, 5.74) is 1.29. The Bertz CT molecular complexity index is 1040. The van der Waals surface area contributed by atoms with Gasteiger partial charge in [-0.25, -0.2) is 0 Å². The molecule has 3 aromatic rings. The molecule has 3 rings (SSSR count). The zero-order chi connectivity index (χ0) is 22.9. The average molecular weight is 451 g/mol. The highest BCUT2D eigenvalue weighted by Crippen LogP contribution is 2.28. The van der Waals surface area contributed by atoms with E-state index in [-0.39, 0.29) is 10.6 Å². The number of nitrogens with zero attached hydrogens (tertiary/aromatic N) is 1. The molecule has 3 aromatic carbocycles. The van der Waals surface area contributed by atoms with Gasteiger partial charge in [0.1, 0.15) is 4.90 Å². The Morgan fingerprint density at radius 2 is 1.44 bits per heavy atom. The van der Waals surface area contributed by atoms with Crippen molar-refractivity contribution in [2.24, 2.45) is 0 Å². The molecule has 0 fully saturated rings. The highest BCUT2D eigenvalue weighted by atomic mass is 32.2. The highest BCUT2D eigenvalue weighted by Gasteiger charge is 2.23. The molecule has 0 aliphatic carbocycles. The number of nitro groups is 1. The summed E-state index contributed by atoms with van der Waals surface area (Å²) in [6.45, 7) is 0. The lowest BCUT2D eigenvalue weighted by molar-refractivity contribution is -0.387. The van der Waals surface area contributed by atoms with Crippen LogP contribution in [0.4, 0.5) is 5.69 Å². The van der Waals surface area contributed by atoms with Crippen LogP contribution in [0.15, 0.2) is 89.8 Å². The fourth-order valence-corrected chi connectivity index (χ4v) is 3.77. The number of carbonyl (C=O) groups excluding carboxylic acids is 2. The van der Waals surface area contributed by atoms with Crippen molar-refractivity contribution in [3.63, 3.8) is 0 Å². The first-order chi connectivity index (χ1) is 15.5. The second-order valence-electron chi connectivity index (χ2n) is 6.71. The van der Waals surface area contributed by atoms with E-state index in [4.69, 9.17) is 4.74 Å². The largest absolute Gasteiger partial charge is 0.548 e. The summed E-state index contributed by atoms with van der Waals surface area (Å²) >= 11 is 0.745. The quantitative estimate of drug-likeness (QED) is 0.216. The lowest BCUT2D eigenvalue weighted by atomic mass is 10.0. The van der Waals surface area contributed by atoms with Crippen molar-refractivity contribution in [3.8, 4) is 0 Å². The van der Waals surface area contributed by atoms with Gasteiger partial charge in [-0.3, -0.25) is 19.6 Å². The van der Waals surface area contributed by atoms with E-state index in [1.807, 2.05) is 60.7 Å². The molecule has 164 valence electrons. The van der Waals surface area contributed by atoms with Gasteiger partial charge in [0.2, 0.25) is 0 Å². The Morgan fingerprint density at radius 1 is 0.906 bits per heavy atom. The van der Waals surface area contributed by atoms with Crippen molar-refractivity contribution in [1.29, 1.82) is 0 Å². The van der Waals surface area contributed by atoms with Crippen LogP contribution >= 0.6 is 11.9 Å². The number of hydrogen-bond acceptors (Lipinski definition) is 8. The number of benzene rings is 3. The molecule has 0 spiro atoms. The summed E-state index contributed by atoms with van der Waals surface area (Å²) in [4.78, 5) is 35.0. The van der Waals surface area contributed by atoms with Crippen LogP contribution in [-0.4, -0.2) is 22.9 Å². The van der Waals surface area contributed by atoms with Gasteiger partial charge in [0, 0.05) is 6.07 Å². The van der Waals surface area contributed by atoms with E-state index >= 15 is 0 Å². The molecule has 0 unspecified atom stereocenters.